The minimum Gasteiger partial charge on any atom is -0.439 e. The largest absolute Gasteiger partial charge is 0.439 e. The lowest BCUT2D eigenvalue weighted by atomic mass is 10.1. The second kappa shape index (κ2) is 9.01. The van der Waals surface area contributed by atoms with Gasteiger partial charge >= 0.3 is 0 Å². The number of anilines is 1. The molecule has 0 bridgehead atoms. The second-order valence-electron chi connectivity index (χ2n) is 7.58. The van der Waals surface area contributed by atoms with Gasteiger partial charge in [-0.1, -0.05) is 29.8 Å². The van der Waals surface area contributed by atoms with Gasteiger partial charge in [-0.15, -0.1) is 0 Å². The molecule has 164 valence electrons. The monoisotopic (exact) mass is 433 g/mol. The van der Waals surface area contributed by atoms with E-state index in [0.717, 1.165) is 11.4 Å². The molecule has 0 atom stereocenters. The number of nitrogens with zero attached hydrogens (tertiary/aromatic N) is 5. The summed E-state index contributed by atoms with van der Waals surface area (Å²) >= 11 is 0. The summed E-state index contributed by atoms with van der Waals surface area (Å²) in [6, 6.07) is 15.5. The third-order valence-corrected chi connectivity index (χ3v) is 5.27. The SMILES string of the molecule is Cc1ccc(Oc2cc(N3CCN(C(=O)c4ccccc4[N+](=O)[O-])CC3)nc(C)n2)cc1. The number of benzene rings is 2. The molecular formula is C23H23N5O4. The van der Waals surface area contributed by atoms with E-state index in [2.05, 4.69) is 14.9 Å². The number of nitro benzene ring substituents is 1. The fourth-order valence-electron chi connectivity index (χ4n) is 3.59. The van der Waals surface area contributed by atoms with Crippen molar-refractivity contribution in [1.82, 2.24) is 14.9 Å². The molecule has 1 fully saturated rings. The maximum Gasteiger partial charge on any atom is 0.282 e. The predicted molar refractivity (Wildman–Crippen MR) is 119 cm³/mol. The van der Waals surface area contributed by atoms with Crippen molar-refractivity contribution in [3.63, 3.8) is 0 Å². The Balaban J connectivity index is 1.45. The molecule has 9 nitrogen and oxygen atoms in total. The molecule has 3 aromatic rings. The van der Waals surface area contributed by atoms with E-state index >= 15 is 0 Å². The molecule has 0 aliphatic carbocycles. The molecule has 0 N–H and O–H groups in total. The molecule has 1 amide bonds. The Labute approximate surface area is 185 Å². The smallest absolute Gasteiger partial charge is 0.282 e. The summed E-state index contributed by atoms with van der Waals surface area (Å²) in [5, 5.41) is 11.3. The minimum absolute atomic E-state index is 0.109. The van der Waals surface area contributed by atoms with Gasteiger partial charge < -0.3 is 14.5 Å². The first-order chi connectivity index (χ1) is 15.4. The average molecular weight is 433 g/mol. The summed E-state index contributed by atoms with van der Waals surface area (Å²) in [4.78, 5) is 36.2. The van der Waals surface area contributed by atoms with Gasteiger partial charge in [-0.05, 0) is 32.0 Å². The molecule has 1 aliphatic heterocycles. The first-order valence-corrected chi connectivity index (χ1v) is 10.3. The second-order valence-corrected chi connectivity index (χ2v) is 7.58. The van der Waals surface area contributed by atoms with Crippen LogP contribution in [0, 0.1) is 24.0 Å². The van der Waals surface area contributed by atoms with Crippen LogP contribution in [0.1, 0.15) is 21.7 Å². The van der Waals surface area contributed by atoms with E-state index < -0.39 is 4.92 Å². The van der Waals surface area contributed by atoms with Crippen LogP contribution in [0.25, 0.3) is 0 Å². The van der Waals surface area contributed by atoms with Crippen LogP contribution in [0.15, 0.2) is 54.6 Å². The first kappa shape index (κ1) is 21.2. The third-order valence-electron chi connectivity index (χ3n) is 5.27. The molecule has 0 radical (unpaired) electrons. The summed E-state index contributed by atoms with van der Waals surface area (Å²) in [7, 11) is 0. The van der Waals surface area contributed by atoms with Crippen molar-refractivity contribution in [3.8, 4) is 11.6 Å². The van der Waals surface area contributed by atoms with Crippen molar-refractivity contribution in [2.75, 3.05) is 31.1 Å². The van der Waals surface area contributed by atoms with E-state index in [1.165, 1.54) is 12.1 Å². The van der Waals surface area contributed by atoms with Crippen LogP contribution < -0.4 is 9.64 Å². The highest BCUT2D eigenvalue weighted by molar-refractivity contribution is 5.98. The van der Waals surface area contributed by atoms with Crippen LogP contribution in [0.5, 0.6) is 11.6 Å². The highest BCUT2D eigenvalue weighted by Crippen LogP contribution is 2.25. The van der Waals surface area contributed by atoms with Gasteiger partial charge in [-0.25, -0.2) is 4.98 Å². The molecular weight excluding hydrogens is 410 g/mol. The Hall–Kier alpha value is -4.01. The Morgan fingerprint density at radius 3 is 2.38 bits per heavy atom. The van der Waals surface area contributed by atoms with E-state index in [4.69, 9.17) is 4.74 Å². The van der Waals surface area contributed by atoms with Crippen LogP contribution in [-0.2, 0) is 0 Å². The number of amides is 1. The van der Waals surface area contributed by atoms with Crippen LogP contribution in [0.3, 0.4) is 0 Å². The third kappa shape index (κ3) is 4.66. The highest BCUT2D eigenvalue weighted by Gasteiger charge is 2.27. The number of ether oxygens (including phenoxy) is 1. The lowest BCUT2D eigenvalue weighted by Crippen LogP contribution is -2.49. The van der Waals surface area contributed by atoms with Gasteiger partial charge in [-0.2, -0.15) is 4.98 Å². The van der Waals surface area contributed by atoms with E-state index in [-0.39, 0.29) is 17.2 Å². The molecule has 9 heteroatoms. The molecule has 4 rings (SSSR count). The molecule has 0 saturated carbocycles. The summed E-state index contributed by atoms with van der Waals surface area (Å²) in [6.07, 6.45) is 0. The molecule has 2 aromatic carbocycles. The Morgan fingerprint density at radius 1 is 1.00 bits per heavy atom. The van der Waals surface area contributed by atoms with E-state index in [1.807, 2.05) is 31.2 Å². The average Bonchev–Trinajstić information content (AvgIpc) is 2.80. The van der Waals surface area contributed by atoms with Gasteiger partial charge in [0.25, 0.3) is 11.6 Å². The number of nitro groups is 1. The fourth-order valence-corrected chi connectivity index (χ4v) is 3.59. The molecule has 2 heterocycles. The quantitative estimate of drug-likeness (QED) is 0.446. The summed E-state index contributed by atoms with van der Waals surface area (Å²) in [5.74, 6) is 2.12. The van der Waals surface area contributed by atoms with Crippen molar-refractivity contribution in [2.24, 2.45) is 0 Å². The van der Waals surface area contributed by atoms with Crippen molar-refractivity contribution in [2.45, 2.75) is 13.8 Å². The van der Waals surface area contributed by atoms with E-state index in [1.54, 1.807) is 30.0 Å². The Kier molecular flexibility index (Phi) is 5.98. The molecule has 1 aliphatic rings. The number of hydrogen-bond acceptors (Lipinski definition) is 7. The number of aryl methyl sites for hydroxylation is 2. The van der Waals surface area contributed by atoms with Crippen molar-refractivity contribution >= 4 is 17.4 Å². The van der Waals surface area contributed by atoms with Crippen LogP contribution in [0.2, 0.25) is 0 Å². The number of carbonyl (C=O) groups is 1. The van der Waals surface area contributed by atoms with Gasteiger partial charge in [0.1, 0.15) is 23.0 Å². The number of aromatic nitrogens is 2. The van der Waals surface area contributed by atoms with E-state index in [9.17, 15) is 14.9 Å². The Morgan fingerprint density at radius 2 is 1.69 bits per heavy atom. The number of carbonyl (C=O) groups excluding carboxylic acids is 1. The molecule has 0 spiro atoms. The maximum atomic E-state index is 12.9. The summed E-state index contributed by atoms with van der Waals surface area (Å²) < 4.78 is 5.89. The minimum atomic E-state index is -0.525. The number of hydrogen-bond donors (Lipinski definition) is 0. The zero-order chi connectivity index (χ0) is 22.7. The van der Waals surface area contributed by atoms with Gasteiger partial charge in [0.15, 0.2) is 0 Å². The van der Waals surface area contributed by atoms with Gasteiger partial charge in [0, 0.05) is 38.3 Å². The van der Waals surface area contributed by atoms with Crippen molar-refractivity contribution in [3.05, 3.63) is 81.7 Å². The Bertz CT molecular complexity index is 1140. The maximum absolute atomic E-state index is 12.9. The van der Waals surface area contributed by atoms with Gasteiger partial charge in [0.2, 0.25) is 5.88 Å². The molecule has 1 aromatic heterocycles. The predicted octanol–water partition coefficient (Wildman–Crippen LogP) is 3.76. The topological polar surface area (TPSA) is 102 Å². The molecule has 1 saturated heterocycles. The first-order valence-electron chi connectivity index (χ1n) is 10.3. The molecule has 32 heavy (non-hydrogen) atoms. The standard InChI is InChI=1S/C23H23N5O4/c1-16-7-9-18(10-8-16)32-22-15-21(24-17(2)25-22)26-11-13-27(14-12-26)23(29)19-5-3-4-6-20(19)28(30)31/h3-10,15H,11-14H2,1-2H3. The highest BCUT2D eigenvalue weighted by atomic mass is 16.6. The number of piperazine rings is 1. The number of para-hydroxylation sites is 1. The summed E-state index contributed by atoms with van der Waals surface area (Å²) in [6.45, 7) is 5.78. The van der Waals surface area contributed by atoms with Crippen molar-refractivity contribution < 1.29 is 14.5 Å². The summed E-state index contributed by atoms with van der Waals surface area (Å²) in [5.41, 5.74) is 1.08. The zero-order valence-corrected chi connectivity index (χ0v) is 17.9. The zero-order valence-electron chi connectivity index (χ0n) is 17.9. The van der Waals surface area contributed by atoms with Crippen LogP contribution in [0.4, 0.5) is 11.5 Å². The van der Waals surface area contributed by atoms with Crippen molar-refractivity contribution in [1.29, 1.82) is 0 Å². The molecule has 0 unspecified atom stereocenters. The normalized spacial score (nSPS) is 13.7. The number of rotatable bonds is 5. The lowest BCUT2D eigenvalue weighted by Gasteiger charge is -2.35. The van der Waals surface area contributed by atoms with Crippen LogP contribution >= 0.6 is 0 Å². The van der Waals surface area contributed by atoms with Gasteiger partial charge in [-0.3, -0.25) is 14.9 Å². The van der Waals surface area contributed by atoms with Crippen LogP contribution in [-0.4, -0.2) is 51.9 Å². The lowest BCUT2D eigenvalue weighted by molar-refractivity contribution is -0.385. The van der Waals surface area contributed by atoms with Gasteiger partial charge in [0.05, 0.1) is 4.92 Å². The fraction of sp³-hybridized carbons (Fsp3) is 0.261. The van der Waals surface area contributed by atoms with E-state index in [0.29, 0.717) is 43.6 Å².